The van der Waals surface area contributed by atoms with Gasteiger partial charge in [0.15, 0.2) is 6.10 Å². The highest BCUT2D eigenvalue weighted by atomic mass is 16.6. The Morgan fingerprint density at radius 2 is 2.43 bits per heavy atom. The second-order valence-corrected chi connectivity index (χ2v) is 3.13. The number of phenols is 1. The van der Waals surface area contributed by atoms with Crippen molar-refractivity contribution < 1.29 is 19.4 Å². The first-order chi connectivity index (χ1) is 6.70. The first-order valence-corrected chi connectivity index (χ1v) is 4.27. The van der Waals surface area contributed by atoms with Crippen LogP contribution in [0.4, 0.5) is 0 Å². The molecule has 1 aliphatic rings. The predicted octanol–water partition coefficient (Wildman–Crippen LogP) is 0.869. The Bertz CT molecular complexity index is 372. The van der Waals surface area contributed by atoms with Crippen LogP contribution in [-0.4, -0.2) is 24.3 Å². The quantitative estimate of drug-likeness (QED) is 0.674. The summed E-state index contributed by atoms with van der Waals surface area (Å²) >= 11 is 0. The summed E-state index contributed by atoms with van der Waals surface area (Å²) in [5, 5.41) is 9.18. The van der Waals surface area contributed by atoms with E-state index >= 15 is 0 Å². The van der Waals surface area contributed by atoms with Gasteiger partial charge in [-0.3, -0.25) is 0 Å². The molecule has 0 aromatic heterocycles. The highest BCUT2D eigenvalue weighted by Gasteiger charge is 2.29. The summed E-state index contributed by atoms with van der Waals surface area (Å²) in [6.45, 7) is 0. The van der Waals surface area contributed by atoms with Crippen molar-refractivity contribution in [3.63, 3.8) is 0 Å². The van der Waals surface area contributed by atoms with Crippen LogP contribution < -0.4 is 4.74 Å². The molecular formula is C10H10O4. The second kappa shape index (κ2) is 3.21. The third kappa shape index (κ3) is 1.39. The molecule has 14 heavy (non-hydrogen) atoms. The van der Waals surface area contributed by atoms with Crippen molar-refractivity contribution in [3.8, 4) is 11.5 Å². The van der Waals surface area contributed by atoms with Crippen molar-refractivity contribution in [2.75, 3.05) is 7.11 Å². The van der Waals surface area contributed by atoms with Crippen LogP contribution in [0.3, 0.4) is 0 Å². The van der Waals surface area contributed by atoms with E-state index in [9.17, 15) is 9.90 Å². The molecule has 1 aliphatic heterocycles. The van der Waals surface area contributed by atoms with Gasteiger partial charge in [-0.1, -0.05) is 6.07 Å². The zero-order valence-corrected chi connectivity index (χ0v) is 7.69. The Balaban J connectivity index is 2.22. The Kier molecular flexibility index (Phi) is 2.04. The maximum absolute atomic E-state index is 11.2. The van der Waals surface area contributed by atoms with Crippen molar-refractivity contribution in [2.45, 2.75) is 12.5 Å². The van der Waals surface area contributed by atoms with E-state index in [1.165, 1.54) is 13.2 Å². The monoisotopic (exact) mass is 194 g/mol. The van der Waals surface area contributed by atoms with Gasteiger partial charge in [0, 0.05) is 12.5 Å². The lowest BCUT2D eigenvalue weighted by Crippen LogP contribution is -2.26. The van der Waals surface area contributed by atoms with Gasteiger partial charge in [-0.15, -0.1) is 0 Å². The standard InChI is InChI=1S/C10H10O4/c1-13-10(12)9-4-6-2-3-7(11)5-8(6)14-9/h2-3,5,9,11H,4H2,1H3. The van der Waals surface area contributed by atoms with Crippen molar-refractivity contribution in [3.05, 3.63) is 23.8 Å². The van der Waals surface area contributed by atoms with Gasteiger partial charge >= 0.3 is 5.97 Å². The van der Waals surface area contributed by atoms with Crippen LogP contribution in [0.5, 0.6) is 11.5 Å². The molecule has 0 aliphatic carbocycles. The lowest BCUT2D eigenvalue weighted by molar-refractivity contribution is -0.147. The number of hydrogen-bond donors (Lipinski definition) is 1. The fourth-order valence-corrected chi connectivity index (χ4v) is 1.48. The summed E-state index contributed by atoms with van der Waals surface area (Å²) in [6.07, 6.45) is -0.0701. The van der Waals surface area contributed by atoms with Gasteiger partial charge in [0.25, 0.3) is 0 Å². The highest BCUT2D eigenvalue weighted by molar-refractivity contribution is 5.76. The van der Waals surface area contributed by atoms with Crippen LogP contribution in [-0.2, 0) is 16.0 Å². The van der Waals surface area contributed by atoms with Gasteiger partial charge in [0.2, 0.25) is 0 Å². The Morgan fingerprint density at radius 1 is 1.64 bits per heavy atom. The number of aromatic hydroxyl groups is 1. The normalized spacial score (nSPS) is 18.5. The van der Waals surface area contributed by atoms with Crippen molar-refractivity contribution in [1.29, 1.82) is 0 Å². The maximum atomic E-state index is 11.2. The Labute approximate surface area is 81.1 Å². The number of hydrogen-bond acceptors (Lipinski definition) is 4. The summed E-state index contributed by atoms with van der Waals surface area (Å²) in [4.78, 5) is 11.2. The molecule has 0 fully saturated rings. The smallest absolute Gasteiger partial charge is 0.347 e. The molecule has 0 saturated carbocycles. The lowest BCUT2D eigenvalue weighted by Gasteiger charge is -2.06. The number of fused-ring (bicyclic) bond motifs is 1. The van der Waals surface area contributed by atoms with Crippen LogP contribution in [0.1, 0.15) is 5.56 Å². The van der Waals surface area contributed by atoms with E-state index < -0.39 is 6.10 Å². The molecule has 4 heteroatoms. The van der Waals surface area contributed by atoms with Crippen LogP contribution in [0, 0.1) is 0 Å². The van der Waals surface area contributed by atoms with Gasteiger partial charge in [-0.2, -0.15) is 0 Å². The molecule has 74 valence electrons. The first-order valence-electron chi connectivity index (χ1n) is 4.27. The maximum Gasteiger partial charge on any atom is 0.347 e. The van der Waals surface area contributed by atoms with Gasteiger partial charge in [0.05, 0.1) is 7.11 Å². The molecular weight excluding hydrogens is 184 g/mol. The van der Waals surface area contributed by atoms with Crippen LogP contribution in [0.2, 0.25) is 0 Å². The molecule has 0 spiro atoms. The number of rotatable bonds is 1. The van der Waals surface area contributed by atoms with E-state index in [-0.39, 0.29) is 11.7 Å². The molecule has 1 N–H and O–H groups in total. The Hall–Kier alpha value is -1.71. The third-order valence-electron chi connectivity index (χ3n) is 2.19. The van der Waals surface area contributed by atoms with Gasteiger partial charge < -0.3 is 14.6 Å². The molecule has 2 rings (SSSR count). The number of ether oxygens (including phenoxy) is 2. The average Bonchev–Trinajstić information content (AvgIpc) is 2.59. The largest absolute Gasteiger partial charge is 0.508 e. The number of benzene rings is 1. The third-order valence-corrected chi connectivity index (χ3v) is 2.19. The summed E-state index contributed by atoms with van der Waals surface area (Å²) in [6, 6.07) is 4.81. The molecule has 1 atom stereocenters. The number of carbonyl (C=O) groups excluding carboxylic acids is 1. The average molecular weight is 194 g/mol. The van der Waals surface area contributed by atoms with Crippen LogP contribution in [0.25, 0.3) is 0 Å². The van der Waals surface area contributed by atoms with Crippen LogP contribution >= 0.6 is 0 Å². The van der Waals surface area contributed by atoms with E-state index in [1.807, 2.05) is 0 Å². The van der Waals surface area contributed by atoms with Gasteiger partial charge in [-0.25, -0.2) is 4.79 Å². The minimum absolute atomic E-state index is 0.134. The second-order valence-electron chi connectivity index (χ2n) is 3.13. The van der Waals surface area contributed by atoms with Crippen molar-refractivity contribution >= 4 is 5.97 Å². The summed E-state index contributed by atoms with van der Waals surface area (Å²) in [7, 11) is 1.33. The molecule has 1 heterocycles. The Morgan fingerprint density at radius 3 is 3.14 bits per heavy atom. The molecule has 1 unspecified atom stereocenters. The topological polar surface area (TPSA) is 55.8 Å². The lowest BCUT2D eigenvalue weighted by atomic mass is 10.1. The molecule has 0 amide bonds. The van der Waals surface area contributed by atoms with Crippen molar-refractivity contribution in [2.24, 2.45) is 0 Å². The van der Waals surface area contributed by atoms with Gasteiger partial charge in [0.1, 0.15) is 11.5 Å². The van der Waals surface area contributed by atoms with E-state index in [2.05, 4.69) is 4.74 Å². The number of phenolic OH excluding ortho intramolecular Hbond substituents is 1. The van der Waals surface area contributed by atoms with Gasteiger partial charge in [-0.05, 0) is 11.6 Å². The number of carbonyl (C=O) groups is 1. The molecule has 1 aromatic carbocycles. The predicted molar refractivity (Wildman–Crippen MR) is 48.2 cm³/mol. The van der Waals surface area contributed by atoms with E-state index in [4.69, 9.17) is 4.74 Å². The summed E-state index contributed by atoms with van der Waals surface area (Å²) < 4.78 is 9.88. The van der Waals surface area contributed by atoms with Crippen LogP contribution in [0.15, 0.2) is 18.2 Å². The molecule has 0 saturated heterocycles. The minimum atomic E-state index is -0.572. The number of methoxy groups -OCH3 is 1. The molecule has 0 radical (unpaired) electrons. The zero-order chi connectivity index (χ0) is 10.1. The SMILES string of the molecule is COC(=O)C1Cc2ccc(O)cc2O1. The fourth-order valence-electron chi connectivity index (χ4n) is 1.48. The first kappa shape index (κ1) is 8.87. The van der Waals surface area contributed by atoms with E-state index in [0.717, 1.165) is 5.56 Å². The summed E-state index contributed by atoms with van der Waals surface area (Å²) in [5.74, 6) is 0.301. The van der Waals surface area contributed by atoms with Crippen molar-refractivity contribution in [1.82, 2.24) is 0 Å². The molecule has 4 nitrogen and oxygen atoms in total. The molecule has 1 aromatic rings. The summed E-state index contributed by atoms with van der Waals surface area (Å²) in [5.41, 5.74) is 0.915. The molecule has 0 bridgehead atoms. The minimum Gasteiger partial charge on any atom is -0.508 e. The number of esters is 1. The van der Waals surface area contributed by atoms with E-state index in [0.29, 0.717) is 12.2 Å². The fraction of sp³-hybridized carbons (Fsp3) is 0.300. The van der Waals surface area contributed by atoms with E-state index in [1.54, 1.807) is 12.1 Å². The highest BCUT2D eigenvalue weighted by Crippen LogP contribution is 2.32. The zero-order valence-electron chi connectivity index (χ0n) is 7.69.